The van der Waals surface area contributed by atoms with Gasteiger partial charge in [-0.2, -0.15) is 0 Å². The lowest BCUT2D eigenvalue weighted by Gasteiger charge is -2.25. The Kier molecular flexibility index (Phi) is 3.37. The van der Waals surface area contributed by atoms with Crippen molar-refractivity contribution in [3.63, 3.8) is 0 Å². The highest BCUT2D eigenvalue weighted by atomic mass is 16.5. The van der Waals surface area contributed by atoms with Crippen molar-refractivity contribution in [2.75, 3.05) is 21.3 Å². The molecule has 0 aromatic heterocycles. The van der Waals surface area contributed by atoms with Crippen LogP contribution in [0.1, 0.15) is 11.1 Å². The van der Waals surface area contributed by atoms with Crippen molar-refractivity contribution in [1.29, 1.82) is 0 Å². The monoisotopic (exact) mass is 286 g/mol. The van der Waals surface area contributed by atoms with E-state index >= 15 is 0 Å². The molecule has 1 aliphatic rings. The molecular formula is C17H18O4. The Morgan fingerprint density at radius 3 is 2.24 bits per heavy atom. The van der Waals surface area contributed by atoms with Crippen molar-refractivity contribution in [2.45, 2.75) is 12.8 Å². The standard InChI is InChI=1S/C17H18O4/c1-19-13-9-11-8-7-10-5-4-6-12(18)14(10)15(11)17(21-3)16(13)20-2/h4-6,9,18H,7-8H2,1-3H3. The summed E-state index contributed by atoms with van der Waals surface area (Å²) in [4.78, 5) is 0. The van der Waals surface area contributed by atoms with Crippen LogP contribution in [-0.4, -0.2) is 26.4 Å². The molecule has 0 bridgehead atoms. The molecule has 0 saturated carbocycles. The van der Waals surface area contributed by atoms with Crippen LogP contribution in [0.15, 0.2) is 24.3 Å². The molecule has 4 heteroatoms. The average molecular weight is 286 g/mol. The number of benzene rings is 2. The zero-order valence-corrected chi connectivity index (χ0v) is 12.4. The quantitative estimate of drug-likeness (QED) is 0.941. The van der Waals surface area contributed by atoms with Crippen molar-refractivity contribution in [1.82, 2.24) is 0 Å². The Hall–Kier alpha value is -2.36. The first-order chi connectivity index (χ1) is 10.2. The molecule has 0 heterocycles. The SMILES string of the molecule is COc1cc2c(c(OC)c1OC)-c1c(O)cccc1CC2. The van der Waals surface area contributed by atoms with E-state index in [0.29, 0.717) is 17.2 Å². The van der Waals surface area contributed by atoms with Crippen LogP contribution in [0.2, 0.25) is 0 Å². The number of phenolic OH excluding ortho intramolecular Hbond substituents is 1. The van der Waals surface area contributed by atoms with Gasteiger partial charge >= 0.3 is 0 Å². The second kappa shape index (κ2) is 5.20. The first kappa shape index (κ1) is 13.6. The number of ether oxygens (including phenoxy) is 3. The summed E-state index contributed by atoms with van der Waals surface area (Å²) in [5, 5.41) is 10.3. The Bertz CT molecular complexity index is 692. The van der Waals surface area contributed by atoms with Gasteiger partial charge in [-0.05, 0) is 36.1 Å². The van der Waals surface area contributed by atoms with E-state index in [1.54, 1.807) is 27.4 Å². The number of phenols is 1. The van der Waals surface area contributed by atoms with Crippen molar-refractivity contribution in [3.8, 4) is 34.1 Å². The number of fused-ring (bicyclic) bond motifs is 3. The summed E-state index contributed by atoms with van der Waals surface area (Å²) < 4.78 is 16.4. The van der Waals surface area contributed by atoms with Gasteiger partial charge in [0.05, 0.1) is 21.3 Å². The lowest BCUT2D eigenvalue weighted by molar-refractivity contribution is 0.324. The van der Waals surface area contributed by atoms with Crippen LogP contribution in [0.5, 0.6) is 23.0 Å². The van der Waals surface area contributed by atoms with Crippen LogP contribution in [0.4, 0.5) is 0 Å². The number of hydrogen-bond acceptors (Lipinski definition) is 4. The highest BCUT2D eigenvalue weighted by Gasteiger charge is 2.27. The molecular weight excluding hydrogens is 268 g/mol. The minimum absolute atomic E-state index is 0.263. The zero-order chi connectivity index (χ0) is 15.0. The molecule has 0 amide bonds. The van der Waals surface area contributed by atoms with Crippen LogP contribution >= 0.6 is 0 Å². The molecule has 0 radical (unpaired) electrons. The molecule has 0 atom stereocenters. The summed E-state index contributed by atoms with van der Waals surface area (Å²) in [6.07, 6.45) is 1.76. The fraction of sp³-hybridized carbons (Fsp3) is 0.294. The molecule has 110 valence electrons. The number of aryl methyl sites for hydroxylation is 2. The second-order valence-corrected chi connectivity index (χ2v) is 4.99. The number of methoxy groups -OCH3 is 3. The molecule has 0 aliphatic heterocycles. The summed E-state index contributed by atoms with van der Waals surface area (Å²) in [7, 11) is 4.80. The molecule has 1 aliphatic carbocycles. The van der Waals surface area contributed by atoms with E-state index < -0.39 is 0 Å². The zero-order valence-electron chi connectivity index (χ0n) is 12.4. The number of hydrogen-bond donors (Lipinski definition) is 1. The molecule has 21 heavy (non-hydrogen) atoms. The molecule has 0 saturated heterocycles. The third-order valence-electron chi connectivity index (χ3n) is 3.95. The van der Waals surface area contributed by atoms with Crippen molar-refractivity contribution >= 4 is 0 Å². The minimum atomic E-state index is 0.263. The summed E-state index contributed by atoms with van der Waals surface area (Å²) in [5.74, 6) is 2.06. The summed E-state index contributed by atoms with van der Waals surface area (Å²) in [5.41, 5.74) is 3.94. The molecule has 4 nitrogen and oxygen atoms in total. The highest BCUT2D eigenvalue weighted by molar-refractivity contribution is 5.86. The Labute approximate surface area is 123 Å². The maximum Gasteiger partial charge on any atom is 0.203 e. The van der Waals surface area contributed by atoms with E-state index in [2.05, 4.69) is 0 Å². The van der Waals surface area contributed by atoms with Crippen LogP contribution in [-0.2, 0) is 12.8 Å². The third kappa shape index (κ3) is 1.98. The largest absolute Gasteiger partial charge is 0.507 e. The van der Waals surface area contributed by atoms with Gasteiger partial charge in [-0.3, -0.25) is 0 Å². The van der Waals surface area contributed by atoms with Gasteiger partial charge in [0.1, 0.15) is 5.75 Å². The molecule has 2 aromatic carbocycles. The first-order valence-corrected chi connectivity index (χ1v) is 6.84. The van der Waals surface area contributed by atoms with E-state index in [0.717, 1.165) is 35.1 Å². The molecule has 0 fully saturated rings. The summed E-state index contributed by atoms with van der Waals surface area (Å²) in [6, 6.07) is 7.57. The predicted molar refractivity (Wildman–Crippen MR) is 80.6 cm³/mol. The smallest absolute Gasteiger partial charge is 0.203 e. The summed E-state index contributed by atoms with van der Waals surface area (Å²) >= 11 is 0. The fourth-order valence-electron chi connectivity index (χ4n) is 3.03. The van der Waals surface area contributed by atoms with Crippen LogP contribution in [0.3, 0.4) is 0 Å². The number of rotatable bonds is 3. The van der Waals surface area contributed by atoms with Gasteiger partial charge < -0.3 is 19.3 Å². The van der Waals surface area contributed by atoms with E-state index in [-0.39, 0.29) is 5.75 Å². The van der Waals surface area contributed by atoms with Crippen LogP contribution < -0.4 is 14.2 Å². The molecule has 2 aromatic rings. The molecule has 0 unspecified atom stereocenters. The average Bonchev–Trinajstić information content (AvgIpc) is 2.52. The van der Waals surface area contributed by atoms with Crippen LogP contribution in [0.25, 0.3) is 11.1 Å². The van der Waals surface area contributed by atoms with Gasteiger partial charge in [-0.15, -0.1) is 0 Å². The fourth-order valence-corrected chi connectivity index (χ4v) is 3.03. The Morgan fingerprint density at radius 2 is 1.57 bits per heavy atom. The second-order valence-electron chi connectivity index (χ2n) is 4.99. The van der Waals surface area contributed by atoms with E-state index in [4.69, 9.17) is 14.2 Å². The predicted octanol–water partition coefficient (Wildman–Crippen LogP) is 3.18. The van der Waals surface area contributed by atoms with Crippen LogP contribution in [0, 0.1) is 0 Å². The lowest BCUT2D eigenvalue weighted by Crippen LogP contribution is -2.08. The molecule has 3 rings (SSSR count). The van der Waals surface area contributed by atoms with Gasteiger partial charge in [-0.25, -0.2) is 0 Å². The first-order valence-electron chi connectivity index (χ1n) is 6.84. The van der Waals surface area contributed by atoms with Gasteiger partial charge in [0.2, 0.25) is 5.75 Å². The van der Waals surface area contributed by atoms with Crippen molar-refractivity contribution in [3.05, 3.63) is 35.4 Å². The van der Waals surface area contributed by atoms with E-state index in [1.165, 1.54) is 0 Å². The number of aromatic hydroxyl groups is 1. The van der Waals surface area contributed by atoms with Gasteiger partial charge in [0.25, 0.3) is 0 Å². The maximum absolute atomic E-state index is 10.3. The van der Waals surface area contributed by atoms with E-state index in [1.807, 2.05) is 18.2 Å². The Balaban J connectivity index is 2.37. The third-order valence-corrected chi connectivity index (χ3v) is 3.95. The van der Waals surface area contributed by atoms with Gasteiger partial charge in [-0.1, -0.05) is 12.1 Å². The highest BCUT2D eigenvalue weighted by Crippen LogP contribution is 2.51. The lowest BCUT2D eigenvalue weighted by atomic mass is 9.84. The Morgan fingerprint density at radius 1 is 0.857 bits per heavy atom. The van der Waals surface area contributed by atoms with E-state index in [9.17, 15) is 5.11 Å². The van der Waals surface area contributed by atoms with Gasteiger partial charge in [0.15, 0.2) is 11.5 Å². The van der Waals surface area contributed by atoms with Crippen molar-refractivity contribution in [2.24, 2.45) is 0 Å². The molecule has 1 N–H and O–H groups in total. The normalized spacial score (nSPS) is 12.3. The maximum atomic E-state index is 10.3. The molecule has 0 spiro atoms. The summed E-state index contributed by atoms with van der Waals surface area (Å²) in [6.45, 7) is 0. The van der Waals surface area contributed by atoms with Gasteiger partial charge in [0, 0.05) is 11.1 Å². The van der Waals surface area contributed by atoms with Crippen molar-refractivity contribution < 1.29 is 19.3 Å². The topological polar surface area (TPSA) is 47.9 Å². The minimum Gasteiger partial charge on any atom is -0.507 e.